The number of hydrogen-bond donors (Lipinski definition) is 1. The van der Waals surface area contributed by atoms with Crippen LogP contribution in [0.15, 0.2) is 0 Å². The Bertz CT molecular complexity index is 52.0. The molecule has 0 aliphatic rings. The van der Waals surface area contributed by atoms with Gasteiger partial charge in [-0.1, -0.05) is 0 Å². The van der Waals surface area contributed by atoms with Crippen LogP contribution < -0.4 is 5.73 Å². The van der Waals surface area contributed by atoms with Gasteiger partial charge in [0.2, 0.25) is 5.91 Å². The van der Waals surface area contributed by atoms with Crippen LogP contribution in [0.1, 0.15) is 6.92 Å². The van der Waals surface area contributed by atoms with Crippen LogP contribution in [0.4, 0.5) is 0 Å². The first-order valence-corrected chi connectivity index (χ1v) is 3.10. The van der Waals surface area contributed by atoms with Crippen LogP contribution in [0.2, 0.25) is 0 Å². The van der Waals surface area contributed by atoms with Crippen LogP contribution in [0.3, 0.4) is 0 Å². The first-order valence-electron chi connectivity index (χ1n) is 2.03. The van der Waals surface area contributed by atoms with Crippen LogP contribution in [0, 0.1) is 0 Å². The number of amides is 1. The minimum Gasteiger partial charge on any atom is -0.370 e. The third kappa shape index (κ3) is 140. The summed E-state index contributed by atoms with van der Waals surface area (Å²) in [6.45, 7) is 1.31. The minimum atomic E-state index is -0.333. The van der Waals surface area contributed by atoms with Gasteiger partial charge in [-0.05, 0) is 0 Å². The number of halogens is 2. The van der Waals surface area contributed by atoms with E-state index in [1.54, 1.807) is 0 Å². The Balaban J connectivity index is 0. The summed E-state index contributed by atoms with van der Waals surface area (Å²) in [4.78, 5) is 9.22. The van der Waals surface area contributed by atoms with Crippen molar-refractivity contribution < 1.29 is 4.79 Å². The molecule has 0 aromatic heterocycles. The van der Waals surface area contributed by atoms with Crippen LogP contribution in [0.25, 0.3) is 0 Å². The summed E-state index contributed by atoms with van der Waals surface area (Å²) in [6.07, 6.45) is 0. The van der Waals surface area contributed by atoms with E-state index in [1.807, 2.05) is 0 Å². The van der Waals surface area contributed by atoms with E-state index < -0.39 is 0 Å². The van der Waals surface area contributed by atoms with Crippen molar-refractivity contribution in [1.29, 1.82) is 0 Å². The monoisotopic (exact) mass is 157 g/mol. The molecule has 2 nitrogen and oxygen atoms in total. The quantitative estimate of drug-likeness (QED) is 0.567. The predicted molar refractivity (Wildman–Crippen MR) is 36.3 cm³/mol. The van der Waals surface area contributed by atoms with Crippen molar-refractivity contribution in [3.05, 3.63) is 0 Å². The van der Waals surface area contributed by atoms with E-state index in [2.05, 4.69) is 5.73 Å². The summed E-state index contributed by atoms with van der Waals surface area (Å²) in [5.41, 5.74) is 4.47. The van der Waals surface area contributed by atoms with Gasteiger partial charge in [0.1, 0.15) is 0 Å². The van der Waals surface area contributed by atoms with Gasteiger partial charge in [0.05, 0.1) is 0 Å². The lowest BCUT2D eigenvalue weighted by Crippen LogP contribution is -2.01. The van der Waals surface area contributed by atoms with Crippen molar-refractivity contribution in [1.82, 2.24) is 0 Å². The van der Waals surface area contributed by atoms with Gasteiger partial charge in [0.25, 0.3) is 0 Å². The van der Waals surface area contributed by atoms with Gasteiger partial charge in [-0.3, -0.25) is 4.79 Å². The Hall–Kier alpha value is 0.0500. The number of nitrogens with two attached hydrogens (primary N) is 1. The second-order valence-corrected chi connectivity index (χ2v) is 1.74. The molecule has 0 atom stereocenters. The lowest BCUT2D eigenvalue weighted by Gasteiger charge is -1.63. The van der Waals surface area contributed by atoms with E-state index in [-0.39, 0.29) is 5.91 Å². The molecule has 1 amide bonds. The van der Waals surface area contributed by atoms with E-state index in [0.29, 0.717) is 11.8 Å². The fourth-order valence-electron chi connectivity index (χ4n) is 0. The minimum absolute atomic E-state index is 0.333. The lowest BCUT2D eigenvalue weighted by atomic mass is 10.8. The van der Waals surface area contributed by atoms with Gasteiger partial charge in [0, 0.05) is 18.7 Å². The molecule has 0 saturated heterocycles. The molecule has 0 aromatic carbocycles. The number of alkyl halides is 2. The number of hydrogen-bond acceptors (Lipinski definition) is 1. The number of primary amides is 1. The summed E-state index contributed by atoms with van der Waals surface area (Å²) in [5.74, 6) is 0.781. The van der Waals surface area contributed by atoms with E-state index >= 15 is 0 Å². The van der Waals surface area contributed by atoms with Crippen molar-refractivity contribution in [2.75, 3.05) is 11.8 Å². The van der Waals surface area contributed by atoms with E-state index in [4.69, 9.17) is 23.2 Å². The number of rotatable bonds is 1. The maximum Gasteiger partial charge on any atom is 0.214 e. The molecule has 50 valence electrons. The summed E-state index contributed by atoms with van der Waals surface area (Å²) in [6, 6.07) is 0. The molecule has 0 heterocycles. The zero-order valence-corrected chi connectivity index (χ0v) is 6.17. The van der Waals surface area contributed by atoms with Crippen LogP contribution in [-0.4, -0.2) is 17.7 Å². The Morgan fingerprint density at radius 3 is 1.62 bits per heavy atom. The summed E-state index contributed by atoms with van der Waals surface area (Å²) < 4.78 is 0. The molecule has 0 saturated carbocycles. The van der Waals surface area contributed by atoms with E-state index in [9.17, 15) is 4.79 Å². The molecular weight excluding hydrogens is 149 g/mol. The fourth-order valence-corrected chi connectivity index (χ4v) is 0. The third-order valence-electron chi connectivity index (χ3n) is 0.0714. The van der Waals surface area contributed by atoms with Gasteiger partial charge in [0.15, 0.2) is 0 Å². The highest BCUT2D eigenvalue weighted by Gasteiger charge is 1.62. The maximum absolute atomic E-state index is 9.22. The van der Waals surface area contributed by atoms with Crippen molar-refractivity contribution in [3.63, 3.8) is 0 Å². The first-order chi connectivity index (χ1) is 3.65. The fraction of sp³-hybridized carbons (Fsp3) is 0.750. The molecule has 8 heavy (non-hydrogen) atoms. The molecule has 2 N–H and O–H groups in total. The van der Waals surface area contributed by atoms with Gasteiger partial charge in [-0.25, -0.2) is 0 Å². The van der Waals surface area contributed by atoms with Crippen LogP contribution in [-0.2, 0) is 4.79 Å². The second-order valence-electron chi connectivity index (χ2n) is 0.989. The highest BCUT2D eigenvalue weighted by atomic mass is 35.5. The van der Waals surface area contributed by atoms with Crippen molar-refractivity contribution in [2.24, 2.45) is 5.73 Å². The maximum atomic E-state index is 9.22. The van der Waals surface area contributed by atoms with E-state index in [0.717, 1.165) is 0 Å². The van der Waals surface area contributed by atoms with Crippen LogP contribution in [0.5, 0.6) is 0 Å². The molecule has 0 spiro atoms. The molecular formula is C4H9Cl2NO. The SMILES string of the molecule is CC(N)=O.ClCCCl. The summed E-state index contributed by atoms with van der Waals surface area (Å²) in [5, 5.41) is 0. The molecule has 0 fully saturated rings. The molecule has 0 bridgehead atoms. The first kappa shape index (κ1) is 10.9. The lowest BCUT2D eigenvalue weighted by molar-refractivity contribution is -0.115. The normalized spacial score (nSPS) is 6.88. The van der Waals surface area contributed by atoms with Crippen molar-refractivity contribution in [2.45, 2.75) is 6.92 Å². The molecule has 0 rings (SSSR count). The molecule has 0 unspecified atom stereocenters. The average molecular weight is 158 g/mol. The van der Waals surface area contributed by atoms with Crippen molar-refractivity contribution >= 4 is 29.1 Å². The Kier molecular flexibility index (Phi) is 13.8. The van der Waals surface area contributed by atoms with Gasteiger partial charge < -0.3 is 5.73 Å². The van der Waals surface area contributed by atoms with Gasteiger partial charge in [-0.15, -0.1) is 23.2 Å². The largest absolute Gasteiger partial charge is 0.370 e. The molecule has 4 heteroatoms. The predicted octanol–water partition coefficient (Wildman–Crippen LogP) is 0.956. The second kappa shape index (κ2) is 10.1. The third-order valence-corrected chi connectivity index (χ3v) is 0.643. The van der Waals surface area contributed by atoms with Crippen LogP contribution >= 0.6 is 23.2 Å². The van der Waals surface area contributed by atoms with Gasteiger partial charge >= 0.3 is 0 Å². The van der Waals surface area contributed by atoms with Gasteiger partial charge in [-0.2, -0.15) is 0 Å². The Morgan fingerprint density at radius 2 is 1.62 bits per heavy atom. The standard InChI is InChI=1S/C2H4Cl2.C2H5NO/c3-1-2-4;1-2(3)4/h1-2H2;1H3,(H2,3,4). The Labute approximate surface area is 58.9 Å². The van der Waals surface area contributed by atoms with Crippen molar-refractivity contribution in [3.8, 4) is 0 Å². The zero-order valence-electron chi connectivity index (χ0n) is 4.66. The number of carbonyl (C=O) groups excluding carboxylic acids is 1. The summed E-state index contributed by atoms with van der Waals surface area (Å²) in [7, 11) is 0. The zero-order chi connectivity index (χ0) is 6.99. The highest BCUT2D eigenvalue weighted by Crippen LogP contribution is 1.75. The molecule has 0 aliphatic carbocycles. The number of carbonyl (C=O) groups is 1. The smallest absolute Gasteiger partial charge is 0.214 e. The highest BCUT2D eigenvalue weighted by molar-refractivity contribution is 6.25. The average Bonchev–Trinajstić information content (AvgIpc) is 1.65. The summed E-state index contributed by atoms with van der Waals surface area (Å²) >= 11 is 10.1. The van der Waals surface area contributed by atoms with E-state index in [1.165, 1.54) is 6.92 Å². The topological polar surface area (TPSA) is 43.1 Å². The molecule has 0 aliphatic heterocycles. The Morgan fingerprint density at radius 1 is 1.50 bits per heavy atom. The molecule has 0 aromatic rings. The molecule has 0 radical (unpaired) electrons.